The van der Waals surface area contributed by atoms with E-state index in [0.717, 1.165) is 35.9 Å². The lowest BCUT2D eigenvalue weighted by Gasteiger charge is -2.28. The summed E-state index contributed by atoms with van der Waals surface area (Å²) in [4.78, 5) is 0. The zero-order valence-electron chi connectivity index (χ0n) is 16.2. The fourth-order valence-electron chi connectivity index (χ4n) is 4.20. The first-order valence-corrected chi connectivity index (χ1v) is 10.3. The SMILES string of the molecule is CCC[C@H]1CC[C@H](CCc2ccc(-c3ccc(CC)nn3)c(F)c2)CC1. The van der Waals surface area contributed by atoms with Crippen LogP contribution in [0, 0.1) is 17.7 Å². The van der Waals surface area contributed by atoms with Crippen LogP contribution in [0.1, 0.15) is 70.1 Å². The van der Waals surface area contributed by atoms with Gasteiger partial charge in [0.25, 0.3) is 0 Å². The van der Waals surface area contributed by atoms with Gasteiger partial charge in [0.1, 0.15) is 5.82 Å². The highest BCUT2D eigenvalue weighted by atomic mass is 19.1. The minimum atomic E-state index is -0.187. The van der Waals surface area contributed by atoms with Crippen LogP contribution >= 0.6 is 0 Å². The zero-order chi connectivity index (χ0) is 18.4. The molecular formula is C23H31FN2. The summed E-state index contributed by atoms with van der Waals surface area (Å²) in [7, 11) is 0. The van der Waals surface area contributed by atoms with Gasteiger partial charge in [0, 0.05) is 5.56 Å². The Hall–Kier alpha value is -1.77. The second-order valence-electron chi connectivity index (χ2n) is 7.79. The zero-order valence-corrected chi connectivity index (χ0v) is 16.2. The van der Waals surface area contributed by atoms with Crippen LogP contribution in [0.5, 0.6) is 0 Å². The highest BCUT2D eigenvalue weighted by Gasteiger charge is 2.20. The van der Waals surface area contributed by atoms with Crippen molar-refractivity contribution >= 4 is 0 Å². The quantitative estimate of drug-likeness (QED) is 0.576. The predicted molar refractivity (Wildman–Crippen MR) is 105 cm³/mol. The van der Waals surface area contributed by atoms with Crippen LogP contribution in [0.15, 0.2) is 30.3 Å². The van der Waals surface area contributed by atoms with Crippen molar-refractivity contribution in [2.75, 3.05) is 0 Å². The summed E-state index contributed by atoms with van der Waals surface area (Å²) in [6.07, 6.45) is 11.2. The molecule has 0 N–H and O–H groups in total. The molecule has 1 fully saturated rings. The maximum Gasteiger partial charge on any atom is 0.132 e. The Balaban J connectivity index is 1.56. The third kappa shape index (κ3) is 4.90. The highest BCUT2D eigenvalue weighted by Crippen LogP contribution is 2.34. The summed E-state index contributed by atoms with van der Waals surface area (Å²) >= 11 is 0. The van der Waals surface area contributed by atoms with E-state index in [1.165, 1.54) is 44.9 Å². The molecule has 0 bridgehead atoms. The molecule has 0 aliphatic heterocycles. The van der Waals surface area contributed by atoms with Gasteiger partial charge in [0.15, 0.2) is 0 Å². The topological polar surface area (TPSA) is 25.8 Å². The Morgan fingerprint density at radius 2 is 1.65 bits per heavy atom. The molecule has 140 valence electrons. The molecular weight excluding hydrogens is 323 g/mol. The second kappa shape index (κ2) is 9.25. The van der Waals surface area contributed by atoms with Gasteiger partial charge in [-0.2, -0.15) is 10.2 Å². The van der Waals surface area contributed by atoms with Gasteiger partial charge in [0.05, 0.1) is 11.4 Å². The van der Waals surface area contributed by atoms with Crippen LogP contribution in [0.4, 0.5) is 4.39 Å². The fraction of sp³-hybridized carbons (Fsp3) is 0.565. The van der Waals surface area contributed by atoms with Crippen molar-refractivity contribution in [3.05, 3.63) is 47.4 Å². The summed E-state index contributed by atoms with van der Waals surface area (Å²) in [5.41, 5.74) is 3.18. The van der Waals surface area contributed by atoms with Crippen LogP contribution in [0.2, 0.25) is 0 Å². The molecule has 0 saturated heterocycles. The number of aromatic nitrogens is 2. The third-order valence-corrected chi connectivity index (χ3v) is 5.90. The van der Waals surface area contributed by atoms with E-state index < -0.39 is 0 Å². The summed E-state index contributed by atoms with van der Waals surface area (Å²) in [6.45, 7) is 4.32. The Bertz CT molecular complexity index is 688. The Morgan fingerprint density at radius 1 is 0.923 bits per heavy atom. The molecule has 1 aliphatic rings. The number of aryl methyl sites for hydroxylation is 2. The van der Waals surface area contributed by atoms with Crippen molar-refractivity contribution in [1.29, 1.82) is 0 Å². The smallest absolute Gasteiger partial charge is 0.132 e. The number of nitrogens with zero attached hydrogens (tertiary/aromatic N) is 2. The first-order valence-electron chi connectivity index (χ1n) is 10.3. The monoisotopic (exact) mass is 354 g/mol. The average Bonchev–Trinajstić information content (AvgIpc) is 2.68. The van der Waals surface area contributed by atoms with Crippen LogP contribution in [0.25, 0.3) is 11.3 Å². The molecule has 0 unspecified atom stereocenters. The molecule has 0 radical (unpaired) electrons. The Labute approximate surface area is 157 Å². The molecule has 2 aromatic rings. The van der Waals surface area contributed by atoms with Gasteiger partial charge in [-0.1, -0.05) is 58.4 Å². The predicted octanol–water partition coefficient (Wildman–Crippen LogP) is 6.38. The van der Waals surface area contributed by atoms with E-state index in [1.54, 1.807) is 6.07 Å². The molecule has 0 amide bonds. The molecule has 1 aromatic carbocycles. The molecule has 1 aromatic heterocycles. The normalized spacial score (nSPS) is 20.3. The first kappa shape index (κ1) is 19.0. The van der Waals surface area contributed by atoms with Crippen molar-refractivity contribution in [2.45, 2.75) is 71.6 Å². The van der Waals surface area contributed by atoms with Gasteiger partial charge in [-0.15, -0.1) is 0 Å². The van der Waals surface area contributed by atoms with E-state index in [4.69, 9.17) is 0 Å². The third-order valence-electron chi connectivity index (χ3n) is 5.90. The van der Waals surface area contributed by atoms with E-state index in [2.05, 4.69) is 23.2 Å². The van der Waals surface area contributed by atoms with Gasteiger partial charge in [-0.25, -0.2) is 4.39 Å². The number of hydrogen-bond acceptors (Lipinski definition) is 2. The van der Waals surface area contributed by atoms with Crippen LogP contribution in [0.3, 0.4) is 0 Å². The average molecular weight is 355 g/mol. The van der Waals surface area contributed by atoms with Crippen LogP contribution in [-0.2, 0) is 12.8 Å². The number of hydrogen-bond donors (Lipinski definition) is 0. The van der Waals surface area contributed by atoms with E-state index in [-0.39, 0.29) is 5.82 Å². The van der Waals surface area contributed by atoms with Gasteiger partial charge in [0.2, 0.25) is 0 Å². The molecule has 2 nitrogen and oxygen atoms in total. The van der Waals surface area contributed by atoms with Crippen molar-refractivity contribution in [3.8, 4) is 11.3 Å². The number of rotatable bonds is 7. The summed E-state index contributed by atoms with van der Waals surface area (Å²) in [5.74, 6) is 1.58. The van der Waals surface area contributed by atoms with Gasteiger partial charge < -0.3 is 0 Å². The van der Waals surface area contributed by atoms with Crippen LogP contribution < -0.4 is 0 Å². The van der Waals surface area contributed by atoms with Gasteiger partial charge in [-0.3, -0.25) is 0 Å². The molecule has 26 heavy (non-hydrogen) atoms. The molecule has 1 saturated carbocycles. The van der Waals surface area contributed by atoms with Gasteiger partial charge >= 0.3 is 0 Å². The minimum absolute atomic E-state index is 0.187. The fourth-order valence-corrected chi connectivity index (χ4v) is 4.20. The van der Waals surface area contributed by atoms with E-state index in [1.807, 2.05) is 25.1 Å². The highest BCUT2D eigenvalue weighted by molar-refractivity contribution is 5.59. The lowest BCUT2D eigenvalue weighted by molar-refractivity contribution is 0.252. The second-order valence-corrected chi connectivity index (χ2v) is 7.79. The Kier molecular flexibility index (Phi) is 6.76. The van der Waals surface area contributed by atoms with Crippen molar-refractivity contribution in [2.24, 2.45) is 11.8 Å². The summed E-state index contributed by atoms with van der Waals surface area (Å²) in [6, 6.07) is 9.38. The van der Waals surface area contributed by atoms with Crippen molar-refractivity contribution in [1.82, 2.24) is 10.2 Å². The number of benzene rings is 1. The molecule has 3 rings (SSSR count). The van der Waals surface area contributed by atoms with Crippen LogP contribution in [-0.4, -0.2) is 10.2 Å². The molecule has 0 atom stereocenters. The van der Waals surface area contributed by atoms with Crippen molar-refractivity contribution in [3.63, 3.8) is 0 Å². The maximum absolute atomic E-state index is 14.6. The molecule has 1 heterocycles. The molecule has 3 heteroatoms. The lowest BCUT2D eigenvalue weighted by Crippen LogP contribution is -2.15. The van der Waals surface area contributed by atoms with E-state index >= 15 is 0 Å². The van der Waals surface area contributed by atoms with Gasteiger partial charge in [-0.05, 0) is 60.9 Å². The summed E-state index contributed by atoms with van der Waals surface area (Å²) in [5, 5.41) is 8.30. The molecule has 1 aliphatic carbocycles. The van der Waals surface area contributed by atoms with E-state index in [9.17, 15) is 4.39 Å². The first-order chi connectivity index (χ1) is 12.7. The maximum atomic E-state index is 14.6. The summed E-state index contributed by atoms with van der Waals surface area (Å²) < 4.78 is 14.6. The lowest BCUT2D eigenvalue weighted by atomic mass is 9.78. The number of halogens is 1. The minimum Gasteiger partial charge on any atom is -0.206 e. The Morgan fingerprint density at radius 3 is 2.23 bits per heavy atom. The largest absolute Gasteiger partial charge is 0.206 e. The standard InChI is InChI=1S/C23H31FN2/c1-3-5-17-6-8-18(9-7-17)10-11-19-12-14-21(22(24)16-19)23-15-13-20(4-2)25-26-23/h12-18H,3-11H2,1-2H3/t17-,18-. The van der Waals surface area contributed by atoms with E-state index in [0.29, 0.717) is 11.3 Å². The van der Waals surface area contributed by atoms with Crippen molar-refractivity contribution < 1.29 is 4.39 Å². The molecule has 0 spiro atoms.